The summed E-state index contributed by atoms with van der Waals surface area (Å²) in [5.41, 5.74) is 1.41. The molecule has 0 saturated heterocycles. The number of carbonyl (C=O) groups excluding carboxylic acids is 2. The second-order valence-corrected chi connectivity index (χ2v) is 5.17. The van der Waals surface area contributed by atoms with Crippen LogP contribution in [0.15, 0.2) is 24.3 Å². The number of anilines is 1. The number of hydrogen-bond acceptors (Lipinski definition) is 2. The van der Waals surface area contributed by atoms with E-state index < -0.39 is 0 Å². The van der Waals surface area contributed by atoms with Crippen LogP contribution in [-0.4, -0.2) is 29.8 Å². The molecule has 0 aliphatic rings. The van der Waals surface area contributed by atoms with E-state index in [1.807, 2.05) is 11.8 Å². The minimum atomic E-state index is 0.00942. The van der Waals surface area contributed by atoms with Gasteiger partial charge in [0, 0.05) is 30.8 Å². The van der Waals surface area contributed by atoms with Crippen LogP contribution in [0.5, 0.6) is 0 Å². The van der Waals surface area contributed by atoms with Crippen molar-refractivity contribution in [2.45, 2.75) is 46.5 Å². The third-order valence-corrected chi connectivity index (χ3v) is 3.17. The smallest absolute Gasteiger partial charge is 0.253 e. The molecule has 0 aliphatic heterocycles. The second-order valence-electron chi connectivity index (χ2n) is 5.17. The van der Waals surface area contributed by atoms with E-state index in [4.69, 9.17) is 0 Å². The van der Waals surface area contributed by atoms with Crippen molar-refractivity contribution >= 4 is 17.5 Å². The molecular weight excluding hydrogens is 264 g/mol. The molecule has 0 aromatic heterocycles. The summed E-state index contributed by atoms with van der Waals surface area (Å²) in [6, 6.07) is 7.14. The Morgan fingerprint density at radius 2 is 1.52 bits per heavy atom. The fourth-order valence-corrected chi connectivity index (χ4v) is 2.18. The van der Waals surface area contributed by atoms with Gasteiger partial charge in [-0.3, -0.25) is 9.59 Å². The summed E-state index contributed by atoms with van der Waals surface area (Å²) in [5.74, 6) is 0.0697. The van der Waals surface area contributed by atoms with Gasteiger partial charge in [-0.15, -0.1) is 0 Å². The molecule has 0 bridgehead atoms. The van der Waals surface area contributed by atoms with Crippen molar-refractivity contribution in [3.8, 4) is 0 Å². The van der Waals surface area contributed by atoms with Gasteiger partial charge < -0.3 is 10.2 Å². The first-order valence-electron chi connectivity index (χ1n) is 7.81. The number of carbonyl (C=O) groups is 2. The van der Waals surface area contributed by atoms with Crippen molar-refractivity contribution in [1.29, 1.82) is 0 Å². The van der Waals surface area contributed by atoms with Crippen LogP contribution < -0.4 is 5.32 Å². The van der Waals surface area contributed by atoms with Crippen LogP contribution in [0, 0.1) is 0 Å². The van der Waals surface area contributed by atoms with Gasteiger partial charge in [0.15, 0.2) is 0 Å². The minimum absolute atomic E-state index is 0.00942. The van der Waals surface area contributed by atoms with Crippen molar-refractivity contribution < 1.29 is 9.59 Å². The lowest BCUT2D eigenvalue weighted by molar-refractivity contribution is -0.116. The standard InChI is InChI=1S/C17H26N2O2/c1-4-7-16(20)18-15-10-8-14(9-11-15)17(21)19(12-5-2)13-6-3/h8-11H,4-7,12-13H2,1-3H3,(H,18,20). The highest BCUT2D eigenvalue weighted by atomic mass is 16.2. The van der Waals surface area contributed by atoms with Crippen LogP contribution in [-0.2, 0) is 4.79 Å². The summed E-state index contributed by atoms with van der Waals surface area (Å²) in [4.78, 5) is 25.8. The fraction of sp³-hybridized carbons (Fsp3) is 0.529. The largest absolute Gasteiger partial charge is 0.339 e. The van der Waals surface area contributed by atoms with Gasteiger partial charge in [0.1, 0.15) is 0 Å². The Morgan fingerprint density at radius 3 is 2.00 bits per heavy atom. The molecule has 1 N–H and O–H groups in total. The molecule has 21 heavy (non-hydrogen) atoms. The van der Waals surface area contributed by atoms with Gasteiger partial charge in [-0.1, -0.05) is 20.8 Å². The molecule has 0 aliphatic carbocycles. The SMILES string of the molecule is CCCC(=O)Nc1ccc(C(=O)N(CCC)CCC)cc1. The van der Waals surface area contributed by atoms with Crippen LogP contribution in [0.2, 0.25) is 0 Å². The Morgan fingerprint density at radius 1 is 0.952 bits per heavy atom. The minimum Gasteiger partial charge on any atom is -0.339 e. The van der Waals surface area contributed by atoms with Gasteiger partial charge in [0.25, 0.3) is 5.91 Å². The third-order valence-electron chi connectivity index (χ3n) is 3.17. The van der Waals surface area contributed by atoms with Gasteiger partial charge in [-0.05, 0) is 43.5 Å². The summed E-state index contributed by atoms with van der Waals surface area (Å²) in [5, 5.41) is 2.82. The number of hydrogen-bond donors (Lipinski definition) is 1. The van der Waals surface area contributed by atoms with Crippen LogP contribution in [0.4, 0.5) is 5.69 Å². The van der Waals surface area contributed by atoms with Crippen molar-refractivity contribution in [1.82, 2.24) is 4.90 Å². The Balaban J connectivity index is 2.71. The second kappa shape index (κ2) is 9.16. The summed E-state index contributed by atoms with van der Waals surface area (Å²) < 4.78 is 0. The lowest BCUT2D eigenvalue weighted by Gasteiger charge is -2.21. The van der Waals surface area contributed by atoms with Crippen molar-refractivity contribution in [3.63, 3.8) is 0 Å². The quantitative estimate of drug-likeness (QED) is 0.794. The summed E-state index contributed by atoms with van der Waals surface area (Å²) in [6.45, 7) is 7.67. The maximum absolute atomic E-state index is 12.4. The topological polar surface area (TPSA) is 49.4 Å². The van der Waals surface area contributed by atoms with Gasteiger partial charge in [0.2, 0.25) is 5.91 Å². The van der Waals surface area contributed by atoms with Crippen molar-refractivity contribution in [2.24, 2.45) is 0 Å². The van der Waals surface area contributed by atoms with E-state index in [-0.39, 0.29) is 11.8 Å². The molecule has 2 amide bonds. The van der Waals surface area contributed by atoms with E-state index in [1.54, 1.807) is 24.3 Å². The molecule has 1 aromatic rings. The predicted molar refractivity (Wildman–Crippen MR) is 86.5 cm³/mol. The molecule has 116 valence electrons. The van der Waals surface area contributed by atoms with Crippen molar-refractivity contribution in [3.05, 3.63) is 29.8 Å². The fourth-order valence-electron chi connectivity index (χ4n) is 2.18. The molecule has 0 saturated carbocycles. The molecule has 4 heteroatoms. The first kappa shape index (κ1) is 17.2. The first-order valence-corrected chi connectivity index (χ1v) is 7.81. The van der Waals surface area contributed by atoms with Gasteiger partial charge in [0.05, 0.1) is 0 Å². The number of nitrogens with one attached hydrogen (secondary N) is 1. The molecule has 0 spiro atoms. The van der Waals surface area contributed by atoms with Gasteiger partial charge in [-0.25, -0.2) is 0 Å². The molecular formula is C17H26N2O2. The Kier molecular flexibility index (Phi) is 7.51. The van der Waals surface area contributed by atoms with E-state index >= 15 is 0 Å². The van der Waals surface area contributed by atoms with E-state index in [9.17, 15) is 9.59 Å². The number of amides is 2. The number of benzene rings is 1. The molecule has 0 fully saturated rings. The van der Waals surface area contributed by atoms with Crippen LogP contribution in [0.3, 0.4) is 0 Å². The first-order chi connectivity index (χ1) is 10.1. The molecule has 0 radical (unpaired) electrons. The molecule has 0 atom stereocenters. The van der Waals surface area contributed by atoms with Crippen LogP contribution >= 0.6 is 0 Å². The normalized spacial score (nSPS) is 10.2. The van der Waals surface area contributed by atoms with Crippen molar-refractivity contribution in [2.75, 3.05) is 18.4 Å². The zero-order chi connectivity index (χ0) is 15.7. The molecule has 1 rings (SSSR count). The van der Waals surface area contributed by atoms with E-state index in [1.165, 1.54) is 0 Å². The number of nitrogens with zero attached hydrogens (tertiary/aromatic N) is 1. The average Bonchev–Trinajstić information content (AvgIpc) is 2.47. The molecule has 0 heterocycles. The highest BCUT2D eigenvalue weighted by molar-refractivity contribution is 5.95. The summed E-state index contributed by atoms with van der Waals surface area (Å²) in [7, 11) is 0. The Labute approximate surface area is 127 Å². The van der Waals surface area contributed by atoms with Gasteiger partial charge in [-0.2, -0.15) is 0 Å². The Bertz CT molecular complexity index is 448. The predicted octanol–water partition coefficient (Wildman–Crippen LogP) is 3.69. The zero-order valence-corrected chi connectivity index (χ0v) is 13.3. The lowest BCUT2D eigenvalue weighted by Crippen LogP contribution is -2.32. The van der Waals surface area contributed by atoms with E-state index in [2.05, 4.69) is 19.2 Å². The average molecular weight is 290 g/mol. The maximum Gasteiger partial charge on any atom is 0.253 e. The summed E-state index contributed by atoms with van der Waals surface area (Å²) in [6.07, 6.45) is 3.25. The highest BCUT2D eigenvalue weighted by Crippen LogP contribution is 2.13. The Hall–Kier alpha value is -1.84. The zero-order valence-electron chi connectivity index (χ0n) is 13.3. The number of rotatable bonds is 8. The monoisotopic (exact) mass is 290 g/mol. The molecule has 1 aromatic carbocycles. The molecule has 0 unspecified atom stereocenters. The third kappa shape index (κ3) is 5.58. The van der Waals surface area contributed by atoms with Gasteiger partial charge >= 0.3 is 0 Å². The summed E-state index contributed by atoms with van der Waals surface area (Å²) >= 11 is 0. The van der Waals surface area contributed by atoms with E-state index in [0.29, 0.717) is 12.0 Å². The van der Waals surface area contributed by atoms with Crippen LogP contribution in [0.25, 0.3) is 0 Å². The molecule has 4 nitrogen and oxygen atoms in total. The van der Waals surface area contributed by atoms with E-state index in [0.717, 1.165) is 38.0 Å². The lowest BCUT2D eigenvalue weighted by atomic mass is 10.1. The highest BCUT2D eigenvalue weighted by Gasteiger charge is 2.14. The maximum atomic E-state index is 12.4. The van der Waals surface area contributed by atoms with Crippen LogP contribution in [0.1, 0.15) is 56.8 Å².